The first-order valence-corrected chi connectivity index (χ1v) is 13.1. The molecule has 2 heterocycles. The number of rotatable bonds is 5. The molecule has 1 saturated heterocycles. The Morgan fingerprint density at radius 1 is 0.969 bits per heavy atom. The van der Waals surface area contributed by atoms with Crippen molar-refractivity contribution in [1.82, 2.24) is 14.1 Å². The molecule has 2 fully saturated rings. The second-order valence-corrected chi connectivity index (χ2v) is 10.8. The molecule has 4 rings (SSSR count). The van der Waals surface area contributed by atoms with Crippen molar-refractivity contribution in [2.24, 2.45) is 0 Å². The van der Waals surface area contributed by atoms with Gasteiger partial charge in [-0.3, -0.25) is 10.00 Å². The van der Waals surface area contributed by atoms with Gasteiger partial charge in [0, 0.05) is 31.0 Å². The average Bonchev–Trinajstić information content (AvgIpc) is 3.06. The van der Waals surface area contributed by atoms with Crippen molar-refractivity contribution in [3.8, 4) is 0 Å². The van der Waals surface area contributed by atoms with E-state index in [1.807, 2.05) is 10.9 Å². The highest BCUT2D eigenvalue weighted by Gasteiger charge is 2.27. The molecule has 174 valence electrons. The van der Waals surface area contributed by atoms with E-state index < -0.39 is 16.1 Å². The van der Waals surface area contributed by atoms with Crippen LogP contribution in [0.25, 0.3) is 0 Å². The quantitative estimate of drug-likeness (QED) is 0.664. The van der Waals surface area contributed by atoms with Crippen LogP contribution in [0.5, 0.6) is 0 Å². The Morgan fingerprint density at radius 2 is 1.66 bits per heavy atom. The maximum Gasteiger partial charge on any atom is 0.324 e. The van der Waals surface area contributed by atoms with Gasteiger partial charge in [0.05, 0.1) is 10.9 Å². The number of benzene rings is 1. The zero-order valence-electron chi connectivity index (χ0n) is 18.7. The molecule has 2 N–H and O–H groups in total. The number of aryl methyl sites for hydroxylation is 1. The van der Waals surface area contributed by atoms with E-state index in [4.69, 9.17) is 0 Å². The minimum absolute atomic E-state index is 0.249. The smallest absolute Gasteiger partial charge is 0.308 e. The van der Waals surface area contributed by atoms with Crippen LogP contribution in [-0.4, -0.2) is 41.6 Å². The third-order valence-corrected chi connectivity index (χ3v) is 8.47. The van der Waals surface area contributed by atoms with Crippen molar-refractivity contribution >= 4 is 27.6 Å². The van der Waals surface area contributed by atoms with Gasteiger partial charge in [-0.2, -0.15) is 9.40 Å². The zero-order chi connectivity index (χ0) is 22.6. The number of carbonyl (C=O) groups is 1. The molecule has 8 nitrogen and oxygen atoms in total. The standard InChI is InChI=1S/C23H33N5O3S/c1-18-11-12-19(17-21(18)32(30,31)27-14-7-2-3-8-15-27)24-23(29)25-22-13-16-28(26-22)20-9-5-4-6-10-20/h11-13,16-17,20H,2-10,14-15H2,1H3,(H2,24,25,26,29). The van der Waals surface area contributed by atoms with Crippen molar-refractivity contribution < 1.29 is 13.2 Å². The van der Waals surface area contributed by atoms with Gasteiger partial charge in [0.1, 0.15) is 0 Å². The van der Waals surface area contributed by atoms with Crippen molar-refractivity contribution in [3.63, 3.8) is 0 Å². The van der Waals surface area contributed by atoms with Crippen LogP contribution in [0, 0.1) is 6.92 Å². The first kappa shape index (κ1) is 22.8. The lowest BCUT2D eigenvalue weighted by Gasteiger charge is -2.22. The number of hydrogen-bond acceptors (Lipinski definition) is 4. The average molecular weight is 460 g/mol. The molecule has 0 spiro atoms. The fourth-order valence-electron chi connectivity index (χ4n) is 4.61. The molecular formula is C23H33N5O3S. The normalized spacial score (nSPS) is 18.8. The van der Waals surface area contributed by atoms with Crippen LogP contribution >= 0.6 is 0 Å². The lowest BCUT2D eigenvalue weighted by Crippen LogP contribution is -2.32. The minimum Gasteiger partial charge on any atom is -0.308 e. The molecule has 0 bridgehead atoms. The van der Waals surface area contributed by atoms with E-state index in [-0.39, 0.29) is 4.90 Å². The molecule has 2 aliphatic rings. The number of nitrogens with zero attached hydrogens (tertiary/aromatic N) is 3. The van der Waals surface area contributed by atoms with E-state index in [0.717, 1.165) is 38.5 Å². The molecule has 0 atom stereocenters. The summed E-state index contributed by atoms with van der Waals surface area (Å²) in [7, 11) is -3.60. The van der Waals surface area contributed by atoms with E-state index in [0.29, 0.717) is 36.2 Å². The Labute approximate surface area is 190 Å². The van der Waals surface area contributed by atoms with E-state index in [1.54, 1.807) is 35.5 Å². The second-order valence-electron chi connectivity index (χ2n) is 8.85. The maximum atomic E-state index is 13.2. The summed E-state index contributed by atoms with van der Waals surface area (Å²) in [5.41, 5.74) is 1.11. The van der Waals surface area contributed by atoms with E-state index in [2.05, 4.69) is 15.7 Å². The number of carbonyl (C=O) groups excluding carboxylic acids is 1. The van der Waals surface area contributed by atoms with Gasteiger partial charge in [0.15, 0.2) is 5.82 Å². The predicted molar refractivity (Wildman–Crippen MR) is 125 cm³/mol. The Morgan fingerprint density at radius 3 is 2.38 bits per heavy atom. The summed E-state index contributed by atoms with van der Waals surface area (Å²) >= 11 is 0. The summed E-state index contributed by atoms with van der Waals surface area (Å²) in [4.78, 5) is 12.8. The van der Waals surface area contributed by atoms with Crippen LogP contribution < -0.4 is 10.6 Å². The van der Waals surface area contributed by atoms with Crippen LogP contribution in [-0.2, 0) is 10.0 Å². The van der Waals surface area contributed by atoms with E-state index >= 15 is 0 Å². The number of urea groups is 1. The maximum absolute atomic E-state index is 13.2. The Kier molecular flexibility index (Phi) is 7.15. The molecule has 9 heteroatoms. The van der Waals surface area contributed by atoms with Gasteiger partial charge in [0.25, 0.3) is 0 Å². The summed E-state index contributed by atoms with van der Waals surface area (Å²) in [6, 6.07) is 6.75. The van der Waals surface area contributed by atoms with Crippen molar-refractivity contribution in [2.45, 2.75) is 75.6 Å². The molecule has 0 unspecified atom stereocenters. The van der Waals surface area contributed by atoms with Crippen LogP contribution in [0.3, 0.4) is 0 Å². The number of amides is 2. The number of hydrogen-bond donors (Lipinski definition) is 2. The Balaban J connectivity index is 1.43. The third kappa shape index (κ3) is 5.32. The lowest BCUT2D eigenvalue weighted by molar-refractivity contribution is 0.262. The zero-order valence-corrected chi connectivity index (χ0v) is 19.5. The van der Waals surface area contributed by atoms with Gasteiger partial charge in [-0.15, -0.1) is 0 Å². The van der Waals surface area contributed by atoms with E-state index in [1.165, 1.54) is 19.3 Å². The number of sulfonamides is 1. The number of anilines is 2. The van der Waals surface area contributed by atoms with Gasteiger partial charge in [-0.25, -0.2) is 13.2 Å². The lowest BCUT2D eigenvalue weighted by atomic mass is 9.96. The van der Waals surface area contributed by atoms with Crippen LogP contribution in [0.1, 0.15) is 69.4 Å². The van der Waals surface area contributed by atoms with Crippen LogP contribution in [0.4, 0.5) is 16.3 Å². The summed E-state index contributed by atoms with van der Waals surface area (Å²) < 4.78 is 30.0. The van der Waals surface area contributed by atoms with Gasteiger partial charge >= 0.3 is 6.03 Å². The second kappa shape index (κ2) is 10.0. The molecular weight excluding hydrogens is 426 g/mol. The Bertz CT molecular complexity index is 1040. The van der Waals surface area contributed by atoms with E-state index in [9.17, 15) is 13.2 Å². The molecule has 0 radical (unpaired) electrons. The summed E-state index contributed by atoms with van der Waals surface area (Å²) in [6.07, 6.45) is 11.7. The predicted octanol–water partition coefficient (Wildman–Crippen LogP) is 4.91. The summed E-state index contributed by atoms with van der Waals surface area (Å²) in [5.74, 6) is 0.484. The highest BCUT2D eigenvalue weighted by atomic mass is 32.2. The highest BCUT2D eigenvalue weighted by molar-refractivity contribution is 7.89. The molecule has 1 aromatic carbocycles. The monoisotopic (exact) mass is 459 g/mol. The number of nitrogens with one attached hydrogen (secondary N) is 2. The minimum atomic E-state index is -3.60. The molecule has 1 aromatic heterocycles. The van der Waals surface area contributed by atoms with Crippen molar-refractivity contribution in [1.29, 1.82) is 0 Å². The third-order valence-electron chi connectivity index (χ3n) is 6.43. The Hall–Kier alpha value is -2.39. The van der Waals surface area contributed by atoms with Crippen LogP contribution in [0.2, 0.25) is 0 Å². The van der Waals surface area contributed by atoms with Gasteiger partial charge in [-0.1, -0.05) is 38.2 Å². The van der Waals surface area contributed by atoms with Gasteiger partial charge < -0.3 is 5.32 Å². The SMILES string of the molecule is Cc1ccc(NC(=O)Nc2ccn(C3CCCCC3)n2)cc1S(=O)(=O)N1CCCCCC1. The molecule has 1 saturated carbocycles. The highest BCUT2D eigenvalue weighted by Crippen LogP contribution is 2.28. The number of aromatic nitrogens is 2. The molecule has 1 aliphatic heterocycles. The van der Waals surface area contributed by atoms with Crippen LogP contribution in [0.15, 0.2) is 35.4 Å². The summed E-state index contributed by atoms with van der Waals surface area (Å²) in [5, 5.41) is 10.0. The molecule has 2 amide bonds. The topological polar surface area (TPSA) is 96.3 Å². The molecule has 32 heavy (non-hydrogen) atoms. The first-order valence-electron chi connectivity index (χ1n) is 11.7. The fourth-order valence-corrected chi connectivity index (χ4v) is 6.38. The largest absolute Gasteiger partial charge is 0.324 e. The van der Waals surface area contributed by atoms with Gasteiger partial charge in [-0.05, 0) is 50.3 Å². The first-order chi connectivity index (χ1) is 15.4. The summed E-state index contributed by atoms with van der Waals surface area (Å²) in [6.45, 7) is 2.87. The van der Waals surface area contributed by atoms with Gasteiger partial charge in [0.2, 0.25) is 10.0 Å². The fraction of sp³-hybridized carbons (Fsp3) is 0.565. The molecule has 2 aromatic rings. The van der Waals surface area contributed by atoms with Crippen molar-refractivity contribution in [3.05, 3.63) is 36.0 Å². The van der Waals surface area contributed by atoms with Crippen molar-refractivity contribution in [2.75, 3.05) is 23.7 Å². The molecule has 1 aliphatic carbocycles.